The van der Waals surface area contributed by atoms with E-state index in [0.717, 1.165) is 18.4 Å². The van der Waals surface area contributed by atoms with Gasteiger partial charge < -0.3 is 15.2 Å². The van der Waals surface area contributed by atoms with Gasteiger partial charge in [0, 0.05) is 6.54 Å². The minimum atomic E-state index is -0.573. The van der Waals surface area contributed by atoms with Crippen LogP contribution in [-0.2, 0) is 0 Å². The van der Waals surface area contributed by atoms with Crippen molar-refractivity contribution in [3.05, 3.63) is 28.2 Å². The van der Waals surface area contributed by atoms with E-state index in [0.29, 0.717) is 22.3 Å². The molecule has 1 fully saturated rings. The molecule has 21 heavy (non-hydrogen) atoms. The number of rotatable bonds is 7. The van der Waals surface area contributed by atoms with E-state index in [9.17, 15) is 5.11 Å². The molecule has 118 valence electrons. The number of para-hydroxylation sites is 1. The van der Waals surface area contributed by atoms with Gasteiger partial charge in [-0.05, 0) is 43.4 Å². The highest BCUT2D eigenvalue weighted by Crippen LogP contribution is 2.32. The number of aliphatic hydroxyl groups is 1. The molecule has 3 nitrogen and oxygen atoms in total. The van der Waals surface area contributed by atoms with Crippen molar-refractivity contribution in [1.29, 1.82) is 0 Å². The summed E-state index contributed by atoms with van der Waals surface area (Å²) < 4.78 is 5.52. The van der Waals surface area contributed by atoms with Crippen molar-refractivity contribution < 1.29 is 9.84 Å². The van der Waals surface area contributed by atoms with Gasteiger partial charge in [-0.2, -0.15) is 0 Å². The first kappa shape index (κ1) is 16.9. The van der Waals surface area contributed by atoms with Crippen molar-refractivity contribution >= 4 is 23.2 Å². The summed E-state index contributed by atoms with van der Waals surface area (Å²) in [7, 11) is 0. The van der Waals surface area contributed by atoms with E-state index < -0.39 is 6.10 Å². The number of ether oxygens (including phenoxy) is 1. The van der Waals surface area contributed by atoms with E-state index in [1.165, 1.54) is 19.3 Å². The van der Waals surface area contributed by atoms with Crippen molar-refractivity contribution in [2.45, 2.75) is 32.3 Å². The maximum atomic E-state index is 9.94. The second-order valence-electron chi connectivity index (χ2n) is 5.96. The zero-order chi connectivity index (χ0) is 15.2. The number of halogens is 2. The van der Waals surface area contributed by atoms with Crippen LogP contribution >= 0.6 is 23.2 Å². The van der Waals surface area contributed by atoms with Crippen molar-refractivity contribution in [2.75, 3.05) is 19.7 Å². The van der Waals surface area contributed by atoms with Crippen LogP contribution < -0.4 is 10.1 Å². The van der Waals surface area contributed by atoms with Crippen LogP contribution in [0.15, 0.2) is 18.2 Å². The molecule has 3 unspecified atom stereocenters. The normalized spacial score (nSPS) is 23.2. The largest absolute Gasteiger partial charge is 0.488 e. The van der Waals surface area contributed by atoms with Crippen molar-refractivity contribution in [3.8, 4) is 5.75 Å². The zero-order valence-corrected chi connectivity index (χ0v) is 13.8. The number of benzene rings is 1. The molecule has 0 bridgehead atoms. The van der Waals surface area contributed by atoms with Gasteiger partial charge in [0.2, 0.25) is 0 Å². The Morgan fingerprint density at radius 1 is 1.33 bits per heavy atom. The molecule has 0 spiro atoms. The number of aliphatic hydroxyl groups excluding tert-OH is 1. The SMILES string of the molecule is CC1CCC(CNCC(O)COc2c(Cl)cccc2Cl)C1. The Labute approximate surface area is 136 Å². The Hall–Kier alpha value is -0.480. The molecular formula is C16H23Cl2NO2. The van der Waals surface area contributed by atoms with Crippen LogP contribution in [-0.4, -0.2) is 30.9 Å². The Bertz CT molecular complexity index is 436. The number of hydrogen-bond donors (Lipinski definition) is 2. The summed E-state index contributed by atoms with van der Waals surface area (Å²) in [6, 6.07) is 5.20. The van der Waals surface area contributed by atoms with Crippen LogP contribution in [0.4, 0.5) is 0 Å². The van der Waals surface area contributed by atoms with Crippen molar-refractivity contribution in [1.82, 2.24) is 5.32 Å². The van der Waals surface area contributed by atoms with E-state index in [4.69, 9.17) is 27.9 Å². The molecule has 1 saturated carbocycles. The molecule has 5 heteroatoms. The molecule has 2 N–H and O–H groups in total. The van der Waals surface area contributed by atoms with E-state index in [2.05, 4.69) is 12.2 Å². The van der Waals surface area contributed by atoms with Crippen LogP contribution in [0.25, 0.3) is 0 Å². The summed E-state index contributed by atoms with van der Waals surface area (Å²) in [6.07, 6.45) is 3.32. The van der Waals surface area contributed by atoms with Gasteiger partial charge in [0.1, 0.15) is 12.7 Å². The third kappa shape index (κ3) is 5.33. The van der Waals surface area contributed by atoms with E-state index in [1.807, 2.05) is 0 Å². The Morgan fingerprint density at radius 2 is 2.05 bits per heavy atom. The van der Waals surface area contributed by atoms with E-state index in [1.54, 1.807) is 18.2 Å². The maximum Gasteiger partial charge on any atom is 0.156 e. The predicted molar refractivity (Wildman–Crippen MR) is 87.3 cm³/mol. The fraction of sp³-hybridized carbons (Fsp3) is 0.625. The van der Waals surface area contributed by atoms with Crippen LogP contribution in [0.2, 0.25) is 10.0 Å². The van der Waals surface area contributed by atoms with Gasteiger partial charge in [0.15, 0.2) is 5.75 Å². The molecule has 3 atom stereocenters. The van der Waals surface area contributed by atoms with Gasteiger partial charge in [-0.3, -0.25) is 0 Å². The van der Waals surface area contributed by atoms with Crippen LogP contribution in [0.3, 0.4) is 0 Å². The molecule has 0 radical (unpaired) electrons. The third-order valence-corrected chi connectivity index (χ3v) is 4.55. The first-order valence-electron chi connectivity index (χ1n) is 7.52. The molecule has 1 aromatic carbocycles. The van der Waals surface area contributed by atoms with Crippen LogP contribution in [0.5, 0.6) is 5.75 Å². The zero-order valence-electron chi connectivity index (χ0n) is 12.3. The highest BCUT2D eigenvalue weighted by atomic mass is 35.5. The minimum Gasteiger partial charge on any atom is -0.488 e. The summed E-state index contributed by atoms with van der Waals surface area (Å²) in [4.78, 5) is 0. The van der Waals surface area contributed by atoms with Crippen molar-refractivity contribution in [2.24, 2.45) is 11.8 Å². The number of nitrogens with one attached hydrogen (secondary N) is 1. The fourth-order valence-corrected chi connectivity index (χ4v) is 3.33. The fourth-order valence-electron chi connectivity index (χ4n) is 2.82. The summed E-state index contributed by atoms with van der Waals surface area (Å²) in [5.74, 6) is 2.02. The average molecular weight is 332 g/mol. The molecule has 1 aliphatic carbocycles. The molecule has 1 aliphatic rings. The van der Waals surface area contributed by atoms with Gasteiger partial charge in [0.05, 0.1) is 10.0 Å². The lowest BCUT2D eigenvalue weighted by Crippen LogP contribution is -2.34. The molecular weight excluding hydrogens is 309 g/mol. The Morgan fingerprint density at radius 3 is 2.67 bits per heavy atom. The lowest BCUT2D eigenvalue weighted by atomic mass is 10.1. The quantitative estimate of drug-likeness (QED) is 0.799. The predicted octanol–water partition coefficient (Wildman–Crippen LogP) is 3.76. The molecule has 0 amide bonds. The summed E-state index contributed by atoms with van der Waals surface area (Å²) in [5, 5.41) is 14.2. The average Bonchev–Trinajstić information content (AvgIpc) is 2.84. The lowest BCUT2D eigenvalue weighted by Gasteiger charge is -2.16. The van der Waals surface area contributed by atoms with Crippen LogP contribution in [0, 0.1) is 11.8 Å². The van der Waals surface area contributed by atoms with Gasteiger partial charge in [-0.25, -0.2) is 0 Å². The molecule has 1 aromatic rings. The third-order valence-electron chi connectivity index (χ3n) is 3.96. The smallest absolute Gasteiger partial charge is 0.156 e. The standard InChI is InChI=1S/C16H23Cl2NO2/c1-11-5-6-12(7-11)8-19-9-13(20)10-21-16-14(17)3-2-4-15(16)18/h2-4,11-13,19-20H,5-10H2,1H3. The molecule has 0 aliphatic heterocycles. The van der Waals surface area contributed by atoms with Gasteiger partial charge in [-0.1, -0.05) is 42.6 Å². The first-order valence-corrected chi connectivity index (χ1v) is 8.27. The molecule has 2 rings (SSSR count). The highest BCUT2D eigenvalue weighted by molar-refractivity contribution is 6.37. The summed E-state index contributed by atoms with van der Waals surface area (Å²) in [6.45, 7) is 3.97. The van der Waals surface area contributed by atoms with Gasteiger partial charge in [-0.15, -0.1) is 0 Å². The maximum absolute atomic E-state index is 9.94. The minimum absolute atomic E-state index is 0.178. The summed E-state index contributed by atoms with van der Waals surface area (Å²) in [5.41, 5.74) is 0. The summed E-state index contributed by atoms with van der Waals surface area (Å²) >= 11 is 12.0. The molecule has 0 heterocycles. The van der Waals surface area contributed by atoms with Crippen molar-refractivity contribution in [3.63, 3.8) is 0 Å². The van der Waals surface area contributed by atoms with E-state index in [-0.39, 0.29) is 6.61 Å². The topological polar surface area (TPSA) is 41.5 Å². The number of hydrogen-bond acceptors (Lipinski definition) is 3. The second kappa shape index (κ2) is 8.23. The van der Waals surface area contributed by atoms with E-state index >= 15 is 0 Å². The molecule has 0 saturated heterocycles. The monoisotopic (exact) mass is 331 g/mol. The van der Waals surface area contributed by atoms with Gasteiger partial charge in [0.25, 0.3) is 0 Å². The highest BCUT2D eigenvalue weighted by Gasteiger charge is 2.21. The lowest BCUT2D eigenvalue weighted by molar-refractivity contribution is 0.105. The Balaban J connectivity index is 1.66. The van der Waals surface area contributed by atoms with Crippen LogP contribution in [0.1, 0.15) is 26.2 Å². The van der Waals surface area contributed by atoms with Gasteiger partial charge >= 0.3 is 0 Å². The Kier molecular flexibility index (Phi) is 6.62. The first-order chi connectivity index (χ1) is 10.1. The second-order valence-corrected chi connectivity index (χ2v) is 6.77. The molecule has 0 aromatic heterocycles.